The number of nitrogens with one attached hydrogen (secondary N) is 1. The summed E-state index contributed by atoms with van der Waals surface area (Å²) in [6, 6.07) is 13.3. The van der Waals surface area contributed by atoms with Crippen LogP contribution in [0.3, 0.4) is 0 Å². The Labute approximate surface area is 234 Å². The van der Waals surface area contributed by atoms with E-state index in [-0.39, 0.29) is 11.3 Å². The Kier molecular flexibility index (Phi) is 8.84. The lowest BCUT2D eigenvalue weighted by Gasteiger charge is -2.42. The van der Waals surface area contributed by atoms with Crippen LogP contribution in [0.25, 0.3) is 0 Å². The minimum atomic E-state index is -4.58. The minimum Gasteiger partial charge on any atom is -0.343 e. The Balaban J connectivity index is 1.51. The molecule has 0 bridgehead atoms. The molecule has 5 nitrogen and oxygen atoms in total. The molecule has 1 N–H and O–H groups in total. The number of likely N-dealkylation sites (tertiary alicyclic amines) is 1. The first-order valence-corrected chi connectivity index (χ1v) is 14.6. The van der Waals surface area contributed by atoms with E-state index in [1.807, 2.05) is 12.1 Å². The van der Waals surface area contributed by atoms with Crippen molar-refractivity contribution in [1.29, 1.82) is 0 Å². The van der Waals surface area contributed by atoms with Crippen LogP contribution in [0.5, 0.6) is 0 Å². The molecule has 0 radical (unpaired) electrons. The quantitative estimate of drug-likeness (QED) is 0.444. The third kappa shape index (κ3) is 6.07. The van der Waals surface area contributed by atoms with Crippen molar-refractivity contribution in [3.63, 3.8) is 0 Å². The van der Waals surface area contributed by atoms with Gasteiger partial charge < -0.3 is 15.1 Å². The van der Waals surface area contributed by atoms with Gasteiger partial charge in [0.15, 0.2) is 0 Å². The molecule has 1 fully saturated rings. The largest absolute Gasteiger partial charge is 0.397 e. The third-order valence-electron chi connectivity index (χ3n) is 7.98. The second kappa shape index (κ2) is 11.5. The maximum absolute atomic E-state index is 13.1. The second-order valence-electron chi connectivity index (χ2n) is 10.2. The van der Waals surface area contributed by atoms with E-state index in [9.17, 15) is 22.2 Å². The highest BCUT2D eigenvalue weighted by molar-refractivity contribution is 7.85. The van der Waals surface area contributed by atoms with Crippen LogP contribution in [0.2, 0.25) is 10.0 Å². The summed E-state index contributed by atoms with van der Waals surface area (Å²) < 4.78 is 51.6. The van der Waals surface area contributed by atoms with Gasteiger partial charge in [0.25, 0.3) is 0 Å². The molecule has 1 spiro atoms. The molecule has 2 heterocycles. The fourth-order valence-corrected chi connectivity index (χ4v) is 7.92. The molecule has 0 saturated carbocycles. The van der Waals surface area contributed by atoms with Gasteiger partial charge in [0.1, 0.15) is 6.42 Å². The molecule has 2 aliphatic rings. The lowest BCUT2D eigenvalue weighted by Crippen LogP contribution is -2.53. The van der Waals surface area contributed by atoms with E-state index < -0.39 is 34.8 Å². The smallest absolute Gasteiger partial charge is 0.343 e. The van der Waals surface area contributed by atoms with Gasteiger partial charge in [-0.2, -0.15) is 13.2 Å². The Morgan fingerprint density at radius 1 is 1.13 bits per heavy atom. The van der Waals surface area contributed by atoms with Crippen LogP contribution in [0.4, 0.5) is 13.2 Å². The van der Waals surface area contributed by atoms with Crippen molar-refractivity contribution in [2.24, 2.45) is 0 Å². The first-order valence-electron chi connectivity index (χ1n) is 12.5. The summed E-state index contributed by atoms with van der Waals surface area (Å²) in [5.74, 6) is -0.409. The van der Waals surface area contributed by atoms with Crippen LogP contribution in [-0.2, 0) is 31.6 Å². The molecule has 1 unspecified atom stereocenters. The van der Waals surface area contributed by atoms with E-state index >= 15 is 0 Å². The molecule has 0 aliphatic carbocycles. The molecular weight excluding hydrogens is 558 g/mol. The fraction of sp³-hybridized carbons (Fsp3) is 0.519. The number of hydrogen-bond acceptors (Lipinski definition) is 4. The monoisotopic (exact) mass is 589 g/mol. The number of halogens is 5. The summed E-state index contributed by atoms with van der Waals surface area (Å²) in [6.07, 6.45) is -4.03. The molecular formula is C27H32Cl2F3N3O2S. The summed E-state index contributed by atoms with van der Waals surface area (Å²) >= 11 is 12.4. The van der Waals surface area contributed by atoms with E-state index in [4.69, 9.17) is 23.2 Å². The summed E-state index contributed by atoms with van der Waals surface area (Å²) in [6.45, 7) is 2.16. The van der Waals surface area contributed by atoms with Crippen LogP contribution in [0.1, 0.15) is 42.4 Å². The molecule has 38 heavy (non-hydrogen) atoms. The standard InChI is InChI=1S/C27H32Cl2F3N3O2S/c1-33-25(20-7-8-22(28)23(29)15-20,18-34(2)24(36)16-27(30,31)32)9-12-35-13-10-26(11-14-35)21-6-4-3-5-19(21)17-38(26)37/h3-8,15,33H,9-14,16-18H2,1-2H3/t25-,38?/m1/s1. The topological polar surface area (TPSA) is 52.7 Å². The van der Waals surface area contributed by atoms with Crippen LogP contribution < -0.4 is 5.32 Å². The van der Waals surface area contributed by atoms with Crippen LogP contribution in [0.15, 0.2) is 42.5 Å². The number of carbonyl (C=O) groups is 1. The van der Waals surface area contributed by atoms with E-state index in [1.54, 1.807) is 25.2 Å². The highest BCUT2D eigenvalue weighted by Gasteiger charge is 2.47. The fourth-order valence-electron chi connectivity index (χ4n) is 5.73. The predicted octanol–water partition coefficient (Wildman–Crippen LogP) is 5.46. The third-order valence-corrected chi connectivity index (χ3v) is 10.8. The molecule has 2 aromatic rings. The summed E-state index contributed by atoms with van der Waals surface area (Å²) in [4.78, 5) is 15.8. The zero-order chi connectivity index (χ0) is 27.7. The number of amides is 1. The number of alkyl halides is 3. The average molecular weight is 591 g/mol. The summed E-state index contributed by atoms with van der Waals surface area (Å²) in [5.41, 5.74) is 2.24. The lowest BCUT2D eigenvalue weighted by molar-refractivity contribution is -0.161. The van der Waals surface area contributed by atoms with Crippen LogP contribution >= 0.6 is 23.2 Å². The number of carbonyl (C=O) groups excluding carboxylic acids is 1. The molecule has 0 aromatic heterocycles. The van der Waals surface area contributed by atoms with Gasteiger partial charge in [-0.1, -0.05) is 53.5 Å². The second-order valence-corrected chi connectivity index (χ2v) is 12.8. The summed E-state index contributed by atoms with van der Waals surface area (Å²) in [7, 11) is 2.15. The van der Waals surface area contributed by atoms with Gasteiger partial charge in [0.2, 0.25) is 5.91 Å². The van der Waals surface area contributed by atoms with Crippen molar-refractivity contribution in [3.05, 3.63) is 69.2 Å². The Bertz CT molecular complexity index is 1200. The van der Waals surface area contributed by atoms with Crippen molar-refractivity contribution < 1.29 is 22.2 Å². The number of rotatable bonds is 8. The van der Waals surface area contributed by atoms with Crippen molar-refractivity contribution >= 4 is 39.9 Å². The maximum Gasteiger partial charge on any atom is 0.397 e. The number of benzene rings is 2. The molecule has 2 aliphatic heterocycles. The minimum absolute atomic E-state index is 0.0194. The highest BCUT2D eigenvalue weighted by Crippen LogP contribution is 2.46. The van der Waals surface area contributed by atoms with E-state index in [1.165, 1.54) is 18.2 Å². The van der Waals surface area contributed by atoms with Crippen LogP contribution in [-0.4, -0.2) is 66.4 Å². The van der Waals surface area contributed by atoms with Gasteiger partial charge in [-0.15, -0.1) is 0 Å². The van der Waals surface area contributed by atoms with Crippen molar-refractivity contribution in [3.8, 4) is 0 Å². The van der Waals surface area contributed by atoms with Gasteiger partial charge in [0.05, 0.1) is 20.3 Å². The Morgan fingerprint density at radius 2 is 1.82 bits per heavy atom. The number of piperidine rings is 1. The predicted molar refractivity (Wildman–Crippen MR) is 146 cm³/mol. The number of hydrogen-bond donors (Lipinski definition) is 1. The molecule has 11 heteroatoms. The average Bonchev–Trinajstić information content (AvgIpc) is 3.14. The van der Waals surface area contributed by atoms with Gasteiger partial charge >= 0.3 is 6.18 Å². The molecule has 208 valence electrons. The molecule has 2 atom stereocenters. The van der Waals surface area contributed by atoms with Gasteiger partial charge in [-0.25, -0.2) is 0 Å². The Hall–Kier alpha value is -1.65. The SMILES string of the molecule is CN[C@](CCN1CCC2(CC1)c1ccccc1CS2=O)(CN(C)C(=O)CC(F)(F)F)c1ccc(Cl)c(Cl)c1. The molecule has 1 saturated heterocycles. The summed E-state index contributed by atoms with van der Waals surface area (Å²) in [5, 5.41) is 3.98. The highest BCUT2D eigenvalue weighted by atomic mass is 35.5. The number of likely N-dealkylation sites (N-methyl/N-ethyl adjacent to an activating group) is 2. The van der Waals surface area contributed by atoms with Crippen molar-refractivity contribution in [2.45, 2.75) is 47.9 Å². The number of nitrogens with zero attached hydrogens (tertiary/aromatic N) is 2. The van der Waals surface area contributed by atoms with Crippen molar-refractivity contribution in [2.75, 3.05) is 40.3 Å². The van der Waals surface area contributed by atoms with Gasteiger partial charge in [0, 0.05) is 36.7 Å². The molecule has 4 rings (SSSR count). The van der Waals surface area contributed by atoms with E-state index in [2.05, 4.69) is 22.3 Å². The van der Waals surface area contributed by atoms with E-state index in [0.29, 0.717) is 28.8 Å². The van der Waals surface area contributed by atoms with Gasteiger partial charge in [-0.05, 0) is 68.2 Å². The maximum atomic E-state index is 13.1. The van der Waals surface area contributed by atoms with Gasteiger partial charge in [-0.3, -0.25) is 9.00 Å². The lowest BCUT2D eigenvalue weighted by atomic mass is 9.84. The first kappa shape index (κ1) is 29.3. The zero-order valence-electron chi connectivity index (χ0n) is 21.4. The molecule has 1 amide bonds. The normalized spacial score (nSPS) is 20.8. The molecule has 2 aromatic carbocycles. The first-order chi connectivity index (χ1) is 17.9. The Morgan fingerprint density at radius 3 is 2.45 bits per heavy atom. The zero-order valence-corrected chi connectivity index (χ0v) is 23.7. The van der Waals surface area contributed by atoms with Crippen LogP contribution in [0, 0.1) is 0 Å². The van der Waals surface area contributed by atoms with E-state index in [0.717, 1.165) is 36.4 Å². The van der Waals surface area contributed by atoms with Crippen molar-refractivity contribution in [1.82, 2.24) is 15.1 Å². The number of fused-ring (bicyclic) bond motifs is 2.